The van der Waals surface area contributed by atoms with Crippen LogP contribution in [0.2, 0.25) is 0 Å². The van der Waals surface area contributed by atoms with Crippen molar-refractivity contribution < 1.29 is 17.7 Å². The maximum Gasteiger partial charge on any atom is 0.282 e. The number of pyridine rings is 1. The third kappa shape index (κ3) is 2.88. The molecule has 1 N–H and O–H groups in total. The van der Waals surface area contributed by atoms with Gasteiger partial charge in [-0.25, -0.2) is 9.37 Å². The summed E-state index contributed by atoms with van der Waals surface area (Å²) in [6, 6.07) is 6.91. The summed E-state index contributed by atoms with van der Waals surface area (Å²) in [7, 11) is -4.18. The van der Waals surface area contributed by atoms with Crippen molar-refractivity contribution in [3.05, 3.63) is 58.5 Å². The lowest BCUT2D eigenvalue weighted by molar-refractivity contribution is -0.384. The van der Waals surface area contributed by atoms with E-state index in [4.69, 9.17) is 0 Å². The minimum absolute atomic E-state index is 0.0700. The minimum Gasteiger partial charge on any atom is -0.278 e. The molecular formula is C11H8FN3O4S. The maximum atomic E-state index is 13.4. The Balaban J connectivity index is 2.29. The molecule has 2 aromatic rings. The van der Waals surface area contributed by atoms with Crippen LogP contribution in [0.4, 0.5) is 15.8 Å². The molecule has 0 spiro atoms. The molecule has 1 heterocycles. The highest BCUT2D eigenvalue weighted by Crippen LogP contribution is 2.19. The topological polar surface area (TPSA) is 102 Å². The molecule has 0 aliphatic heterocycles. The fourth-order valence-electron chi connectivity index (χ4n) is 1.42. The van der Waals surface area contributed by atoms with E-state index in [1.165, 1.54) is 18.2 Å². The predicted octanol–water partition coefficient (Wildman–Crippen LogP) is 1.93. The molecule has 9 heteroatoms. The van der Waals surface area contributed by atoms with Gasteiger partial charge in [0.15, 0.2) is 5.82 Å². The number of nitro groups is 1. The van der Waals surface area contributed by atoms with Crippen LogP contribution in [-0.2, 0) is 10.0 Å². The lowest BCUT2D eigenvalue weighted by atomic mass is 10.3. The molecule has 0 aliphatic rings. The van der Waals surface area contributed by atoms with E-state index in [0.717, 1.165) is 24.4 Å². The number of non-ortho nitro benzene ring substituents is 1. The molecule has 1 aromatic heterocycles. The Morgan fingerprint density at radius 3 is 2.40 bits per heavy atom. The normalized spacial score (nSPS) is 11.1. The first kappa shape index (κ1) is 13.9. The van der Waals surface area contributed by atoms with E-state index in [-0.39, 0.29) is 11.4 Å². The number of nitro benzene ring substituents is 1. The molecule has 0 fully saturated rings. The Morgan fingerprint density at radius 2 is 1.85 bits per heavy atom. The van der Waals surface area contributed by atoms with Crippen LogP contribution in [0.25, 0.3) is 0 Å². The fourth-order valence-corrected chi connectivity index (χ4v) is 2.49. The number of hydrogen-bond acceptors (Lipinski definition) is 5. The monoisotopic (exact) mass is 297 g/mol. The van der Waals surface area contributed by atoms with Crippen molar-refractivity contribution in [1.82, 2.24) is 4.98 Å². The van der Waals surface area contributed by atoms with Crippen LogP contribution >= 0.6 is 0 Å². The number of aromatic nitrogens is 1. The molecule has 0 amide bonds. The van der Waals surface area contributed by atoms with E-state index >= 15 is 0 Å². The van der Waals surface area contributed by atoms with Crippen molar-refractivity contribution in [1.29, 1.82) is 0 Å². The summed E-state index contributed by atoms with van der Waals surface area (Å²) in [4.78, 5) is 13.3. The minimum atomic E-state index is -4.18. The van der Waals surface area contributed by atoms with Crippen LogP contribution in [0, 0.1) is 15.9 Å². The first-order valence-corrected chi connectivity index (χ1v) is 6.76. The molecule has 0 atom stereocenters. The molecule has 7 nitrogen and oxygen atoms in total. The summed E-state index contributed by atoms with van der Waals surface area (Å²) in [6.07, 6.45) is 1.15. The van der Waals surface area contributed by atoms with Gasteiger partial charge in [0, 0.05) is 24.0 Å². The Hall–Kier alpha value is -2.55. The molecule has 0 aliphatic carbocycles. The fraction of sp³-hybridized carbons (Fsp3) is 0. The zero-order valence-electron chi connectivity index (χ0n) is 9.86. The van der Waals surface area contributed by atoms with Crippen molar-refractivity contribution in [2.45, 2.75) is 5.03 Å². The molecule has 2 rings (SSSR count). The van der Waals surface area contributed by atoms with Gasteiger partial charge in [0.25, 0.3) is 15.7 Å². The Labute approximate surface area is 113 Å². The third-order valence-electron chi connectivity index (χ3n) is 2.31. The van der Waals surface area contributed by atoms with Gasteiger partial charge in [-0.05, 0) is 24.3 Å². The van der Waals surface area contributed by atoms with E-state index in [0.29, 0.717) is 0 Å². The van der Waals surface area contributed by atoms with Gasteiger partial charge >= 0.3 is 0 Å². The predicted molar refractivity (Wildman–Crippen MR) is 68.1 cm³/mol. The van der Waals surface area contributed by atoms with Crippen LogP contribution < -0.4 is 4.72 Å². The third-order valence-corrected chi connectivity index (χ3v) is 3.62. The van der Waals surface area contributed by atoms with Crippen LogP contribution in [0.5, 0.6) is 0 Å². The van der Waals surface area contributed by atoms with Crippen LogP contribution in [-0.4, -0.2) is 18.3 Å². The molecule has 1 aromatic carbocycles. The summed E-state index contributed by atoms with van der Waals surface area (Å²) in [5.74, 6) is -0.984. The van der Waals surface area contributed by atoms with Crippen molar-refractivity contribution in [2.24, 2.45) is 0 Å². The summed E-state index contributed by atoms with van der Waals surface area (Å²) >= 11 is 0. The van der Waals surface area contributed by atoms with Gasteiger partial charge in [-0.2, -0.15) is 8.42 Å². The standard InChI is InChI=1S/C11H8FN3O4S/c12-10-2-1-7-13-11(10)20(18,19)14-8-3-5-9(6-4-8)15(16)17/h1-7,14H. The van der Waals surface area contributed by atoms with Gasteiger partial charge in [-0.15, -0.1) is 0 Å². The van der Waals surface area contributed by atoms with Gasteiger partial charge in [0.05, 0.1) is 4.92 Å². The molecule has 0 saturated carbocycles. The lowest BCUT2D eigenvalue weighted by Crippen LogP contribution is -2.16. The zero-order valence-corrected chi connectivity index (χ0v) is 10.7. The van der Waals surface area contributed by atoms with Gasteiger partial charge in [-0.1, -0.05) is 0 Å². The highest BCUT2D eigenvalue weighted by Gasteiger charge is 2.20. The lowest BCUT2D eigenvalue weighted by Gasteiger charge is -2.07. The highest BCUT2D eigenvalue weighted by molar-refractivity contribution is 7.92. The van der Waals surface area contributed by atoms with Crippen molar-refractivity contribution in [2.75, 3.05) is 4.72 Å². The molecule has 104 valence electrons. The van der Waals surface area contributed by atoms with Crippen LogP contribution in [0.1, 0.15) is 0 Å². The zero-order chi connectivity index (χ0) is 14.8. The Morgan fingerprint density at radius 1 is 1.20 bits per heavy atom. The first-order valence-electron chi connectivity index (χ1n) is 5.28. The van der Waals surface area contributed by atoms with Gasteiger partial charge < -0.3 is 0 Å². The van der Waals surface area contributed by atoms with Gasteiger partial charge in [0.1, 0.15) is 0 Å². The van der Waals surface area contributed by atoms with Crippen molar-refractivity contribution in [3.63, 3.8) is 0 Å². The quantitative estimate of drug-likeness (QED) is 0.686. The second-order valence-corrected chi connectivity index (χ2v) is 5.30. The maximum absolute atomic E-state index is 13.4. The summed E-state index contributed by atoms with van der Waals surface area (Å²) in [5.41, 5.74) is -0.113. The molecule has 20 heavy (non-hydrogen) atoms. The SMILES string of the molecule is O=[N+]([O-])c1ccc(NS(=O)(=O)c2ncccc2F)cc1. The average Bonchev–Trinajstić information content (AvgIpc) is 2.39. The average molecular weight is 297 g/mol. The largest absolute Gasteiger partial charge is 0.282 e. The first-order chi connectivity index (χ1) is 9.40. The van der Waals surface area contributed by atoms with Crippen LogP contribution in [0.3, 0.4) is 0 Å². The van der Waals surface area contributed by atoms with Crippen LogP contribution in [0.15, 0.2) is 47.6 Å². The number of rotatable bonds is 4. The van der Waals surface area contributed by atoms with Crippen molar-refractivity contribution in [3.8, 4) is 0 Å². The summed E-state index contributed by atoms with van der Waals surface area (Å²) in [5, 5.41) is 9.73. The van der Waals surface area contributed by atoms with E-state index in [1.807, 2.05) is 0 Å². The molecular weight excluding hydrogens is 289 g/mol. The number of benzene rings is 1. The Kier molecular flexibility index (Phi) is 3.61. The summed E-state index contributed by atoms with van der Waals surface area (Å²) < 4.78 is 39.3. The number of nitrogens with one attached hydrogen (secondary N) is 1. The second kappa shape index (κ2) is 5.21. The molecule has 0 radical (unpaired) electrons. The number of anilines is 1. The van der Waals surface area contributed by atoms with E-state index in [1.54, 1.807) is 0 Å². The Bertz CT molecular complexity index is 747. The van der Waals surface area contributed by atoms with Gasteiger partial charge in [-0.3, -0.25) is 14.8 Å². The molecule has 0 unspecified atom stereocenters. The molecule has 0 saturated heterocycles. The highest BCUT2D eigenvalue weighted by atomic mass is 32.2. The second-order valence-electron chi connectivity index (χ2n) is 3.70. The van der Waals surface area contributed by atoms with E-state index in [2.05, 4.69) is 9.71 Å². The number of nitrogens with zero attached hydrogens (tertiary/aromatic N) is 2. The summed E-state index contributed by atoms with van der Waals surface area (Å²) in [6.45, 7) is 0. The number of hydrogen-bond donors (Lipinski definition) is 1. The number of halogens is 1. The smallest absolute Gasteiger partial charge is 0.278 e. The molecule has 0 bridgehead atoms. The van der Waals surface area contributed by atoms with Crippen molar-refractivity contribution >= 4 is 21.4 Å². The van der Waals surface area contributed by atoms with E-state index < -0.39 is 25.8 Å². The van der Waals surface area contributed by atoms with Gasteiger partial charge in [0.2, 0.25) is 5.03 Å². The number of sulfonamides is 1. The van der Waals surface area contributed by atoms with E-state index in [9.17, 15) is 22.9 Å².